The second-order valence-corrected chi connectivity index (χ2v) is 13.5. The highest BCUT2D eigenvalue weighted by Gasteiger charge is 2.49. The molecule has 4 aromatic rings. The quantitative estimate of drug-likeness (QED) is 0.192. The molecule has 248 valence electrons. The van der Waals surface area contributed by atoms with Crippen LogP contribution in [-0.2, 0) is 15.9 Å². The normalized spacial score (nSPS) is 21.8. The van der Waals surface area contributed by atoms with E-state index in [1.165, 1.54) is 0 Å². The number of benzene rings is 2. The van der Waals surface area contributed by atoms with Gasteiger partial charge in [0.25, 0.3) is 0 Å². The van der Waals surface area contributed by atoms with Crippen molar-refractivity contribution >= 4 is 33.1 Å². The van der Waals surface area contributed by atoms with Gasteiger partial charge in [-0.15, -0.1) is 0 Å². The van der Waals surface area contributed by atoms with Gasteiger partial charge in [-0.05, 0) is 99.0 Å². The largest absolute Gasteiger partial charge is 0.461 e. The number of rotatable bonds is 9. The van der Waals surface area contributed by atoms with Gasteiger partial charge in [-0.25, -0.2) is 4.39 Å². The van der Waals surface area contributed by atoms with Crippen LogP contribution in [0.1, 0.15) is 62.6 Å². The topological polar surface area (TPSA) is 72.8 Å². The molecule has 0 aliphatic carbocycles. The van der Waals surface area contributed by atoms with Crippen molar-refractivity contribution in [1.82, 2.24) is 19.9 Å². The average Bonchev–Trinajstić information content (AvgIpc) is 3.51. The number of methoxy groups -OCH3 is 1. The molecule has 2 aromatic heterocycles. The van der Waals surface area contributed by atoms with Gasteiger partial charge < -0.3 is 19.1 Å². The summed E-state index contributed by atoms with van der Waals surface area (Å²) in [5.74, 6) is 0.620. The number of aromatic nitrogens is 3. The van der Waals surface area contributed by atoms with Crippen LogP contribution in [0.5, 0.6) is 6.01 Å². The maximum atomic E-state index is 15.2. The van der Waals surface area contributed by atoms with E-state index in [4.69, 9.17) is 29.2 Å². The van der Waals surface area contributed by atoms with Crippen molar-refractivity contribution in [3.8, 4) is 17.3 Å². The molecule has 0 radical (unpaired) electrons. The standard InChI is InChI=1S/C38H46FN5O3/c1-6-29-32(39)10-9-26-19-27(24(2)3)20-30(33(26)29)34-25(4)35-31(21-40-34)36(43-14-8-17-46-18-16-43)42-37(41-35)47-23-38-12-7-15-44(38)28(11-13-38)22-45-5/h9-10,19-21,28H,2,6-8,11-18,22-23H2,1,3-5H3/t28-,38+/m0/s1. The van der Waals surface area contributed by atoms with Crippen molar-refractivity contribution in [3.63, 3.8) is 0 Å². The Morgan fingerprint density at radius 3 is 2.81 bits per heavy atom. The number of anilines is 1. The van der Waals surface area contributed by atoms with Crippen LogP contribution in [0.2, 0.25) is 0 Å². The summed E-state index contributed by atoms with van der Waals surface area (Å²) in [6, 6.07) is 8.42. The van der Waals surface area contributed by atoms with Gasteiger partial charge in [0, 0.05) is 50.2 Å². The lowest BCUT2D eigenvalue weighted by Gasteiger charge is -2.34. The van der Waals surface area contributed by atoms with Crippen LogP contribution in [0.3, 0.4) is 0 Å². The van der Waals surface area contributed by atoms with Crippen LogP contribution < -0.4 is 9.64 Å². The van der Waals surface area contributed by atoms with E-state index in [0.29, 0.717) is 37.3 Å². The Morgan fingerprint density at radius 2 is 2.00 bits per heavy atom. The van der Waals surface area contributed by atoms with Crippen molar-refractivity contribution in [1.29, 1.82) is 0 Å². The fourth-order valence-corrected chi connectivity index (χ4v) is 8.19. The predicted octanol–water partition coefficient (Wildman–Crippen LogP) is 7.14. The zero-order valence-electron chi connectivity index (χ0n) is 28.2. The van der Waals surface area contributed by atoms with Crippen LogP contribution >= 0.6 is 0 Å². The van der Waals surface area contributed by atoms with Gasteiger partial charge in [0.05, 0.1) is 35.3 Å². The summed E-state index contributed by atoms with van der Waals surface area (Å²) in [5.41, 5.74) is 5.99. The molecule has 0 N–H and O–H groups in total. The van der Waals surface area contributed by atoms with Crippen LogP contribution in [0.4, 0.5) is 10.2 Å². The van der Waals surface area contributed by atoms with Gasteiger partial charge >= 0.3 is 6.01 Å². The van der Waals surface area contributed by atoms with Gasteiger partial charge in [-0.2, -0.15) is 9.97 Å². The van der Waals surface area contributed by atoms with E-state index in [1.807, 2.05) is 26.1 Å². The molecule has 8 nitrogen and oxygen atoms in total. The first kappa shape index (κ1) is 31.9. The maximum Gasteiger partial charge on any atom is 0.319 e. The molecular weight excluding hydrogens is 593 g/mol. The highest BCUT2D eigenvalue weighted by Crippen LogP contribution is 2.43. The number of pyridine rings is 1. The van der Waals surface area contributed by atoms with Crippen LogP contribution in [-0.4, -0.2) is 84.6 Å². The van der Waals surface area contributed by atoms with E-state index in [9.17, 15) is 0 Å². The molecule has 3 aliphatic rings. The minimum absolute atomic E-state index is 0.0148. The van der Waals surface area contributed by atoms with Crippen LogP contribution in [0, 0.1) is 12.7 Å². The highest BCUT2D eigenvalue weighted by atomic mass is 19.1. The smallest absolute Gasteiger partial charge is 0.319 e. The Labute approximate surface area is 276 Å². The molecule has 5 heterocycles. The molecule has 2 aromatic carbocycles. The van der Waals surface area contributed by atoms with Crippen molar-refractivity contribution in [2.45, 2.75) is 70.9 Å². The monoisotopic (exact) mass is 639 g/mol. The number of nitrogens with zero attached hydrogens (tertiary/aromatic N) is 5. The van der Waals surface area contributed by atoms with E-state index in [1.54, 1.807) is 13.2 Å². The Balaban J connectivity index is 1.37. The first-order valence-corrected chi connectivity index (χ1v) is 17.1. The number of hydrogen-bond acceptors (Lipinski definition) is 8. The molecule has 0 spiro atoms. The fourth-order valence-electron chi connectivity index (χ4n) is 8.19. The molecule has 0 saturated carbocycles. The summed E-state index contributed by atoms with van der Waals surface area (Å²) in [6.45, 7) is 15.5. The second kappa shape index (κ2) is 13.1. The average molecular weight is 640 g/mol. The third-order valence-corrected chi connectivity index (χ3v) is 10.6. The molecule has 3 aliphatic heterocycles. The van der Waals surface area contributed by atoms with Gasteiger partial charge in [0.2, 0.25) is 0 Å². The highest BCUT2D eigenvalue weighted by molar-refractivity contribution is 6.03. The molecule has 0 amide bonds. The molecule has 3 saturated heterocycles. The lowest BCUT2D eigenvalue weighted by atomic mass is 9.90. The third-order valence-electron chi connectivity index (χ3n) is 10.6. The van der Waals surface area contributed by atoms with E-state index in [-0.39, 0.29) is 11.4 Å². The summed E-state index contributed by atoms with van der Waals surface area (Å²) >= 11 is 0. The van der Waals surface area contributed by atoms with E-state index < -0.39 is 0 Å². The second-order valence-electron chi connectivity index (χ2n) is 13.5. The number of fused-ring (bicyclic) bond motifs is 3. The Kier molecular flexibility index (Phi) is 8.89. The molecular formula is C38H46FN5O3. The molecule has 7 rings (SSSR count). The SMILES string of the molecule is C=C(C)c1cc(-c2ncc3c(N4CCCOCC4)nc(OC[C@]45CCCN4[C@H](COC)CC5)nc3c2C)c2c(CC)c(F)ccc2c1. The summed E-state index contributed by atoms with van der Waals surface area (Å²) in [5, 5.41) is 2.74. The number of ether oxygens (including phenoxy) is 3. The lowest BCUT2D eigenvalue weighted by Crippen LogP contribution is -2.47. The number of aryl methyl sites for hydroxylation is 2. The van der Waals surface area contributed by atoms with Crippen LogP contribution in [0.25, 0.3) is 38.5 Å². The summed E-state index contributed by atoms with van der Waals surface area (Å²) in [6.07, 6.45) is 7.83. The Bertz CT molecular complexity index is 1820. The van der Waals surface area contributed by atoms with Crippen molar-refractivity contribution in [3.05, 3.63) is 59.5 Å². The van der Waals surface area contributed by atoms with Crippen LogP contribution in [0.15, 0.2) is 37.0 Å². The summed E-state index contributed by atoms with van der Waals surface area (Å²) < 4.78 is 33.2. The first-order valence-electron chi connectivity index (χ1n) is 17.1. The van der Waals surface area contributed by atoms with Crippen molar-refractivity contribution in [2.24, 2.45) is 0 Å². The molecule has 2 atom stereocenters. The van der Waals surface area contributed by atoms with Gasteiger partial charge in [0.1, 0.15) is 18.2 Å². The Morgan fingerprint density at radius 1 is 1.13 bits per heavy atom. The predicted molar refractivity (Wildman–Crippen MR) is 186 cm³/mol. The van der Waals surface area contributed by atoms with Gasteiger partial charge in [0.15, 0.2) is 0 Å². The van der Waals surface area contributed by atoms with Gasteiger partial charge in [-0.3, -0.25) is 9.88 Å². The Hall–Kier alpha value is -3.66. The lowest BCUT2D eigenvalue weighted by molar-refractivity contribution is 0.0521. The molecule has 9 heteroatoms. The minimum atomic E-state index is -0.202. The minimum Gasteiger partial charge on any atom is -0.461 e. The molecule has 47 heavy (non-hydrogen) atoms. The summed E-state index contributed by atoms with van der Waals surface area (Å²) in [4.78, 5) is 20.1. The maximum absolute atomic E-state index is 15.2. The van der Waals surface area contributed by atoms with E-state index in [0.717, 1.165) is 120 Å². The van der Waals surface area contributed by atoms with E-state index in [2.05, 4.69) is 35.4 Å². The van der Waals surface area contributed by atoms with E-state index >= 15 is 4.39 Å². The number of halogens is 1. The molecule has 0 bridgehead atoms. The molecule has 3 fully saturated rings. The third kappa shape index (κ3) is 5.76. The number of hydrogen-bond donors (Lipinski definition) is 0. The number of allylic oxidation sites excluding steroid dienone is 1. The molecule has 0 unspecified atom stereocenters. The zero-order chi connectivity index (χ0) is 32.7. The van der Waals surface area contributed by atoms with Crippen molar-refractivity contribution < 1.29 is 18.6 Å². The van der Waals surface area contributed by atoms with Gasteiger partial charge in [-0.1, -0.05) is 25.1 Å². The fraction of sp³-hybridized carbons (Fsp3) is 0.500. The first-order chi connectivity index (χ1) is 22.8. The zero-order valence-corrected chi connectivity index (χ0v) is 28.2. The summed E-state index contributed by atoms with van der Waals surface area (Å²) in [7, 11) is 1.79. The van der Waals surface area contributed by atoms with Crippen molar-refractivity contribution in [2.75, 3.05) is 58.1 Å².